The lowest BCUT2D eigenvalue weighted by atomic mass is 10.1. The summed E-state index contributed by atoms with van der Waals surface area (Å²) in [6.07, 6.45) is 1.23. The molecular formula is C12H9F2NO2. The molecule has 17 heavy (non-hydrogen) atoms. The Morgan fingerprint density at radius 3 is 2.53 bits per heavy atom. The summed E-state index contributed by atoms with van der Waals surface area (Å²) in [6.45, 7) is 0. The van der Waals surface area contributed by atoms with Crippen LogP contribution in [0.25, 0.3) is 6.08 Å². The monoisotopic (exact) mass is 237 g/mol. The fourth-order valence-electron chi connectivity index (χ4n) is 1.60. The second kappa shape index (κ2) is 4.08. The Labute approximate surface area is 96.3 Å². The summed E-state index contributed by atoms with van der Waals surface area (Å²) in [5.74, 6) is -2.22. The molecule has 1 heterocycles. The zero-order chi connectivity index (χ0) is 12.6. The maximum atomic E-state index is 13.3. The number of rotatable bonds is 1. The summed E-state index contributed by atoms with van der Waals surface area (Å²) < 4.78 is 26.0. The van der Waals surface area contributed by atoms with Gasteiger partial charge in [0.15, 0.2) is 0 Å². The predicted octanol–water partition coefficient (Wildman–Crippen LogP) is 1.74. The Morgan fingerprint density at radius 1 is 1.29 bits per heavy atom. The van der Waals surface area contributed by atoms with Gasteiger partial charge in [-0.15, -0.1) is 0 Å². The Hall–Kier alpha value is -2.04. The normalized spacial score (nSPS) is 18.3. The number of hydrogen-bond donors (Lipinski definition) is 0. The number of hydrogen-bond acceptors (Lipinski definition) is 2. The van der Waals surface area contributed by atoms with Gasteiger partial charge in [0.25, 0.3) is 5.91 Å². The summed E-state index contributed by atoms with van der Waals surface area (Å²) in [5, 5.41) is 0. The van der Waals surface area contributed by atoms with E-state index in [9.17, 15) is 18.4 Å². The van der Waals surface area contributed by atoms with Gasteiger partial charge in [0.05, 0.1) is 6.42 Å². The third kappa shape index (κ3) is 2.08. The summed E-state index contributed by atoms with van der Waals surface area (Å²) in [5.41, 5.74) is 0.306. The van der Waals surface area contributed by atoms with Crippen molar-refractivity contribution in [1.82, 2.24) is 4.90 Å². The van der Waals surface area contributed by atoms with Crippen molar-refractivity contribution in [2.24, 2.45) is 0 Å². The molecular weight excluding hydrogens is 228 g/mol. The minimum atomic E-state index is -0.757. The van der Waals surface area contributed by atoms with Crippen molar-refractivity contribution in [2.45, 2.75) is 6.42 Å². The third-order valence-corrected chi connectivity index (χ3v) is 2.59. The van der Waals surface area contributed by atoms with Crippen LogP contribution in [0.2, 0.25) is 0 Å². The first-order valence-electron chi connectivity index (χ1n) is 4.95. The molecule has 0 spiro atoms. The predicted molar refractivity (Wildman–Crippen MR) is 56.7 cm³/mol. The molecule has 0 unspecified atom stereocenters. The lowest BCUT2D eigenvalue weighted by Crippen LogP contribution is -2.23. The van der Waals surface area contributed by atoms with Crippen LogP contribution in [-0.2, 0) is 9.59 Å². The van der Waals surface area contributed by atoms with Gasteiger partial charge in [0.2, 0.25) is 5.91 Å². The molecule has 0 radical (unpaired) electrons. The van der Waals surface area contributed by atoms with E-state index in [1.165, 1.54) is 19.2 Å². The molecule has 3 nitrogen and oxygen atoms in total. The molecule has 0 atom stereocenters. The average molecular weight is 237 g/mol. The highest BCUT2D eigenvalue weighted by Crippen LogP contribution is 2.21. The van der Waals surface area contributed by atoms with Gasteiger partial charge >= 0.3 is 0 Å². The number of likely N-dealkylation sites (tertiary alicyclic amines) is 1. The van der Waals surface area contributed by atoms with E-state index in [2.05, 4.69) is 0 Å². The van der Waals surface area contributed by atoms with Crippen molar-refractivity contribution in [3.05, 3.63) is 41.0 Å². The van der Waals surface area contributed by atoms with E-state index < -0.39 is 17.5 Å². The molecule has 0 saturated carbocycles. The smallest absolute Gasteiger partial charge is 0.256 e. The van der Waals surface area contributed by atoms with Crippen LogP contribution in [-0.4, -0.2) is 23.8 Å². The first-order valence-corrected chi connectivity index (χ1v) is 4.95. The van der Waals surface area contributed by atoms with E-state index in [-0.39, 0.29) is 23.5 Å². The summed E-state index contributed by atoms with van der Waals surface area (Å²) in [6, 6.07) is 3.06. The van der Waals surface area contributed by atoms with Crippen LogP contribution < -0.4 is 0 Å². The summed E-state index contributed by atoms with van der Waals surface area (Å²) in [7, 11) is 1.37. The van der Waals surface area contributed by atoms with Crippen LogP contribution in [0.3, 0.4) is 0 Å². The number of imide groups is 1. The molecule has 0 aromatic heterocycles. The first kappa shape index (κ1) is 11.4. The number of halogens is 2. The van der Waals surface area contributed by atoms with E-state index >= 15 is 0 Å². The van der Waals surface area contributed by atoms with Crippen LogP contribution in [0, 0.1) is 11.6 Å². The highest BCUT2D eigenvalue weighted by atomic mass is 19.1. The number of nitrogens with zero attached hydrogens (tertiary/aromatic N) is 1. The Kier molecular flexibility index (Phi) is 2.75. The molecule has 2 rings (SSSR count). The minimum Gasteiger partial charge on any atom is -0.282 e. The maximum Gasteiger partial charge on any atom is 0.256 e. The fourth-order valence-corrected chi connectivity index (χ4v) is 1.60. The lowest BCUT2D eigenvalue weighted by molar-refractivity contribution is -0.135. The lowest BCUT2D eigenvalue weighted by Gasteiger charge is -2.03. The van der Waals surface area contributed by atoms with Crippen molar-refractivity contribution in [1.29, 1.82) is 0 Å². The third-order valence-electron chi connectivity index (χ3n) is 2.59. The summed E-state index contributed by atoms with van der Waals surface area (Å²) in [4.78, 5) is 23.8. The minimum absolute atomic E-state index is 0.0495. The van der Waals surface area contributed by atoms with Crippen molar-refractivity contribution in [3.63, 3.8) is 0 Å². The van der Waals surface area contributed by atoms with E-state index in [1.54, 1.807) is 0 Å². The molecule has 1 aromatic carbocycles. The van der Waals surface area contributed by atoms with Crippen molar-refractivity contribution in [2.75, 3.05) is 7.05 Å². The maximum absolute atomic E-state index is 13.3. The van der Waals surface area contributed by atoms with E-state index in [4.69, 9.17) is 0 Å². The second-order valence-corrected chi connectivity index (χ2v) is 3.77. The molecule has 1 saturated heterocycles. The molecule has 0 aliphatic carbocycles. The number of benzene rings is 1. The van der Waals surface area contributed by atoms with Gasteiger partial charge in [-0.1, -0.05) is 0 Å². The van der Waals surface area contributed by atoms with Gasteiger partial charge in [-0.25, -0.2) is 8.78 Å². The first-order chi connectivity index (χ1) is 7.99. The molecule has 5 heteroatoms. The molecule has 1 aliphatic heterocycles. The quantitative estimate of drug-likeness (QED) is 0.551. The van der Waals surface area contributed by atoms with Crippen molar-refractivity contribution in [3.8, 4) is 0 Å². The molecule has 1 aliphatic rings. The average Bonchev–Trinajstić information content (AvgIpc) is 2.50. The summed E-state index contributed by atoms with van der Waals surface area (Å²) >= 11 is 0. The highest BCUT2D eigenvalue weighted by Gasteiger charge is 2.30. The molecule has 0 N–H and O–H groups in total. The van der Waals surface area contributed by atoms with Crippen molar-refractivity contribution >= 4 is 17.9 Å². The molecule has 1 fully saturated rings. The Balaban J connectivity index is 2.37. The topological polar surface area (TPSA) is 37.4 Å². The van der Waals surface area contributed by atoms with Gasteiger partial charge in [-0.2, -0.15) is 0 Å². The molecule has 1 aromatic rings. The van der Waals surface area contributed by atoms with Crippen molar-refractivity contribution < 1.29 is 18.4 Å². The van der Waals surface area contributed by atoms with Crippen LogP contribution in [0.4, 0.5) is 8.78 Å². The Bertz CT molecular complexity index is 537. The van der Waals surface area contributed by atoms with Gasteiger partial charge < -0.3 is 0 Å². The SMILES string of the molecule is CN1C(=O)C/C(=C\c2ccc(F)cc2F)C1=O. The number of carbonyl (C=O) groups is 2. The van der Waals surface area contributed by atoms with Gasteiger partial charge in [-0.3, -0.25) is 14.5 Å². The van der Waals surface area contributed by atoms with E-state index in [0.717, 1.165) is 17.0 Å². The fraction of sp³-hybridized carbons (Fsp3) is 0.167. The zero-order valence-corrected chi connectivity index (χ0v) is 9.04. The highest BCUT2D eigenvalue weighted by molar-refractivity contribution is 6.15. The van der Waals surface area contributed by atoms with Gasteiger partial charge in [0, 0.05) is 24.3 Å². The molecule has 2 amide bonds. The number of likely N-dealkylation sites (N-methyl/N-ethyl adjacent to an activating group) is 1. The molecule has 88 valence electrons. The van der Waals surface area contributed by atoms with E-state index in [0.29, 0.717) is 0 Å². The largest absolute Gasteiger partial charge is 0.282 e. The van der Waals surface area contributed by atoms with Crippen LogP contribution >= 0.6 is 0 Å². The van der Waals surface area contributed by atoms with E-state index in [1.807, 2.05) is 0 Å². The number of carbonyl (C=O) groups excluding carboxylic acids is 2. The van der Waals surface area contributed by atoms with Gasteiger partial charge in [0.1, 0.15) is 11.6 Å². The number of amides is 2. The van der Waals surface area contributed by atoms with Crippen LogP contribution in [0.5, 0.6) is 0 Å². The zero-order valence-electron chi connectivity index (χ0n) is 9.04. The van der Waals surface area contributed by atoms with Crippen LogP contribution in [0.15, 0.2) is 23.8 Å². The Morgan fingerprint density at radius 2 is 2.00 bits per heavy atom. The standard InChI is InChI=1S/C12H9F2NO2/c1-15-11(16)5-8(12(15)17)4-7-2-3-9(13)6-10(7)14/h2-4,6H,5H2,1H3/b8-4+. The van der Waals surface area contributed by atoms with Gasteiger partial charge in [-0.05, 0) is 18.2 Å². The van der Waals surface area contributed by atoms with Crippen LogP contribution in [0.1, 0.15) is 12.0 Å². The second-order valence-electron chi connectivity index (χ2n) is 3.77. The molecule has 0 bridgehead atoms.